The molecule has 4 saturated heterocycles. The van der Waals surface area contributed by atoms with Gasteiger partial charge in [0, 0.05) is 202 Å². The number of aromatic nitrogens is 4. The molecule has 8 heterocycles. The number of rotatable bonds is 36. The maximum atomic E-state index is 15.0. The summed E-state index contributed by atoms with van der Waals surface area (Å²) in [4.78, 5) is 168. The molecule has 27 heteroatoms. The number of fused-ring (bicyclic) bond motifs is 4. The van der Waals surface area contributed by atoms with Crippen molar-refractivity contribution < 1.29 is 61.9 Å². The van der Waals surface area contributed by atoms with Crippen LogP contribution in [0, 0.1) is 80.9 Å². The summed E-state index contributed by atoms with van der Waals surface area (Å²) >= 11 is 6.80. The van der Waals surface area contributed by atoms with Gasteiger partial charge >= 0.3 is 0 Å². The molecule has 8 aromatic rings. The van der Waals surface area contributed by atoms with Crippen LogP contribution in [0.2, 0.25) is 5.15 Å². The van der Waals surface area contributed by atoms with Crippen molar-refractivity contribution in [3.63, 3.8) is 0 Å². The first-order valence-electron chi connectivity index (χ1n) is 54.5. The van der Waals surface area contributed by atoms with Gasteiger partial charge in [-0.3, -0.25) is 57.5 Å². The number of nitrogens with zero attached hydrogens (tertiary/aromatic N) is 9. The summed E-state index contributed by atoms with van der Waals surface area (Å²) in [6, 6.07) is 21.3. The molecule has 4 aliphatic heterocycles. The standard InChI is InChI=1S/C30H44N4O3.C29H40ClN3O3.C29H40FN3O3.C29H41N3O3/c1-20-13-14-27-25(16-20)26(29(36)32(4)5)19-33(27)18-23-12-9-15-34(23)30(37)24(17-28(35)21(2)31-3)22-10-7-6-8-11-22;1-18-12-13-25-24(15-18)27(20(3)34)28(30)33(25)17-22-11-8-14-32(22)29(36)23(16-26(35)19(2)31-4)21-9-6-5-7-10-21;1-18-12-13-25-27(28(18)30)24(20(3)34)17-32(25)16-22-11-8-14-33(22)29(36)23(15-26(35)19(2)31-4)21-9-6-5-7-10-21;1-19-12-13-27-25(15-19)26(21(3)33)18-31(27)17-23-11-8-14-32(23)29(35)24(16-28(34)20(2)30-4)22-9-6-5-7-10-22/h13-14,16,19,21-24,31H,6-12,15,17-18H2,1-5H3;12-13,15,19,21-23,31H,5-11,14,16-17H2,1-4H3;12-13,17,19,21-23,31H,5-11,14-16H2,1-4H3;12-13,15,18,20,22-24,30H,5-11,14,16-17H2,1-4H3/t21-,23-,24-;2*19-,22-,23-;20-,23-,24-/m0000/s1. The molecule has 0 bridgehead atoms. The van der Waals surface area contributed by atoms with Crippen LogP contribution in [0.15, 0.2) is 85.3 Å². The van der Waals surface area contributed by atoms with E-state index in [0.717, 1.165) is 222 Å². The first-order valence-corrected chi connectivity index (χ1v) is 54.8. The number of hydrogen-bond acceptors (Lipinski definition) is 16. The normalized spacial score (nSPS) is 20.5. The van der Waals surface area contributed by atoms with Gasteiger partial charge in [0.25, 0.3) is 5.91 Å². The third-order valence-corrected chi connectivity index (χ3v) is 34.3. The largest absolute Gasteiger partial charge is 0.345 e. The Morgan fingerprint density at radius 2 is 0.653 bits per heavy atom. The van der Waals surface area contributed by atoms with Crippen LogP contribution in [0.25, 0.3) is 43.6 Å². The van der Waals surface area contributed by atoms with Crippen molar-refractivity contribution in [1.29, 1.82) is 0 Å². The molecule has 4 aliphatic carbocycles. The molecule has 12 atom stereocenters. The molecule has 784 valence electrons. The van der Waals surface area contributed by atoms with Gasteiger partial charge in [-0.15, -0.1) is 0 Å². The van der Waals surface area contributed by atoms with Gasteiger partial charge in [0.05, 0.1) is 46.3 Å². The molecule has 0 spiro atoms. The van der Waals surface area contributed by atoms with Gasteiger partial charge in [-0.2, -0.15) is 0 Å². The molecule has 4 aromatic heterocycles. The number of likely N-dealkylation sites (N-methyl/N-ethyl adjacent to an activating group) is 4. The van der Waals surface area contributed by atoms with E-state index in [1.807, 2.05) is 104 Å². The smallest absolute Gasteiger partial charge is 0.255 e. The SMILES string of the molecule is CN[C@@H](C)C(=O)C[C@H](C(=O)N1CCC[C@H]1Cn1c(Cl)c(C(C)=O)c2cc(C)ccc21)C1CCCCC1.CN[C@@H](C)C(=O)C[C@H](C(=O)N1CCC[C@H]1Cn1cc(C(=O)N(C)C)c2cc(C)ccc21)C1CCCCC1.CN[C@@H](C)C(=O)C[C@H](C(=O)N1CCC[C@H]1Cn1cc(C(C)=O)c2c(F)c(C)ccc21)C1CCCCC1.CN[C@@H](C)C(=O)C[C@H](C(=O)N1CCC[C@H]1Cn1cc(C(C)=O)c2cc(C)ccc21)C1CCCCC1. The van der Waals surface area contributed by atoms with E-state index in [0.29, 0.717) is 103 Å². The van der Waals surface area contributed by atoms with Gasteiger partial charge in [-0.05, 0) is 279 Å². The second kappa shape index (κ2) is 51.2. The molecule has 144 heavy (non-hydrogen) atoms. The van der Waals surface area contributed by atoms with Crippen LogP contribution in [0.5, 0.6) is 0 Å². The lowest BCUT2D eigenvalue weighted by Crippen LogP contribution is -2.45. The number of benzene rings is 4. The minimum atomic E-state index is -0.356. The molecule has 4 aromatic carbocycles. The van der Waals surface area contributed by atoms with Gasteiger partial charge in [0.15, 0.2) is 17.3 Å². The van der Waals surface area contributed by atoms with E-state index >= 15 is 4.39 Å². The summed E-state index contributed by atoms with van der Waals surface area (Å²) in [7, 11) is 10.7. The number of ketones is 7. The van der Waals surface area contributed by atoms with Crippen LogP contribution in [0.1, 0.15) is 318 Å². The van der Waals surface area contributed by atoms with Crippen molar-refractivity contribution in [2.24, 2.45) is 47.3 Å². The Hall–Kier alpha value is -9.86. The molecule has 8 aliphatic rings. The average molecular weight is 2000 g/mol. The van der Waals surface area contributed by atoms with Crippen molar-refractivity contribution in [2.75, 3.05) is 68.5 Å². The highest BCUT2D eigenvalue weighted by Crippen LogP contribution is 2.44. The van der Waals surface area contributed by atoms with E-state index in [9.17, 15) is 57.5 Å². The second-order valence-electron chi connectivity index (χ2n) is 43.9. The average Bonchev–Trinajstić information content (AvgIpc) is 1.62. The molecule has 4 N–H and O–H groups in total. The topological polar surface area (TPSA) is 289 Å². The fourth-order valence-corrected chi connectivity index (χ4v) is 25.2. The van der Waals surface area contributed by atoms with Crippen molar-refractivity contribution in [3.8, 4) is 0 Å². The van der Waals surface area contributed by atoms with Crippen LogP contribution in [0.4, 0.5) is 4.39 Å². The molecule has 25 nitrogen and oxygen atoms in total. The van der Waals surface area contributed by atoms with Gasteiger partial charge in [0.1, 0.15) is 34.1 Å². The van der Waals surface area contributed by atoms with E-state index in [2.05, 4.69) is 76.6 Å². The molecule has 4 saturated carbocycles. The lowest BCUT2D eigenvalue weighted by molar-refractivity contribution is -0.142. The predicted molar refractivity (Wildman–Crippen MR) is 571 cm³/mol. The zero-order chi connectivity index (χ0) is 104. The van der Waals surface area contributed by atoms with E-state index < -0.39 is 0 Å². The van der Waals surface area contributed by atoms with Crippen LogP contribution in [-0.2, 0) is 64.5 Å². The number of aryl methyl sites for hydroxylation is 4. The Morgan fingerprint density at radius 3 is 0.972 bits per heavy atom. The van der Waals surface area contributed by atoms with Crippen molar-refractivity contribution >= 4 is 125 Å². The maximum Gasteiger partial charge on any atom is 0.255 e. The Bertz CT molecular complexity index is 5900. The second-order valence-corrected chi connectivity index (χ2v) is 44.3. The summed E-state index contributed by atoms with van der Waals surface area (Å²) in [6.45, 7) is 25.2. The number of halogens is 2. The summed E-state index contributed by atoms with van der Waals surface area (Å²) in [5.74, 6) is 0.538. The Kier molecular flexibility index (Phi) is 39.6. The van der Waals surface area contributed by atoms with Crippen molar-refractivity contribution in [1.82, 2.24) is 64.0 Å². The molecular weight excluding hydrogens is 1830 g/mol. The predicted octanol–water partition coefficient (Wildman–Crippen LogP) is 19.9. The van der Waals surface area contributed by atoms with E-state index in [1.165, 1.54) is 32.6 Å². The highest BCUT2D eigenvalue weighted by atomic mass is 35.5. The number of Topliss-reactive ketones (excluding diaryl/α,β-unsaturated/α-hetero) is 7. The van der Waals surface area contributed by atoms with E-state index in [-0.39, 0.29) is 172 Å². The fourth-order valence-electron chi connectivity index (χ4n) is 24.8. The number of carbonyl (C=O) groups is 12. The minimum Gasteiger partial charge on any atom is -0.345 e. The fraction of sp³-hybridized carbons (Fsp3) is 0.624. The molecule has 5 amide bonds. The molecule has 16 rings (SSSR count). The Morgan fingerprint density at radius 1 is 0.361 bits per heavy atom. The van der Waals surface area contributed by atoms with Crippen molar-refractivity contribution in [3.05, 3.63) is 141 Å². The van der Waals surface area contributed by atoms with Crippen LogP contribution in [0.3, 0.4) is 0 Å². The first-order chi connectivity index (χ1) is 68.9. The minimum absolute atomic E-state index is 0.00497. The number of hydrogen-bond donors (Lipinski definition) is 4. The number of likely N-dealkylation sites (tertiary alicyclic amines) is 4. The third kappa shape index (κ3) is 26.3. The summed E-state index contributed by atoms with van der Waals surface area (Å²) in [5.41, 5.74) is 9.89. The van der Waals surface area contributed by atoms with E-state index in [1.54, 1.807) is 80.2 Å². The Balaban J connectivity index is 0.000000161. The summed E-state index contributed by atoms with van der Waals surface area (Å²) < 4.78 is 23.3. The van der Waals surface area contributed by atoms with Gasteiger partial charge in [0.2, 0.25) is 23.6 Å². The molecule has 0 unspecified atom stereocenters. The Labute approximate surface area is 858 Å². The molecular formula is C117H165ClFN13O12. The number of amides is 5. The first kappa shape index (κ1) is 111. The van der Waals surface area contributed by atoms with Crippen molar-refractivity contribution in [2.45, 2.75) is 356 Å². The molecule has 0 radical (unpaired) electrons. The highest BCUT2D eigenvalue weighted by molar-refractivity contribution is 6.35. The van der Waals surface area contributed by atoms with Gasteiger partial charge in [-0.1, -0.05) is 130 Å². The zero-order valence-corrected chi connectivity index (χ0v) is 90.0. The summed E-state index contributed by atoms with van der Waals surface area (Å²) in [5, 5.41) is 15.8. The van der Waals surface area contributed by atoms with Crippen LogP contribution < -0.4 is 21.3 Å². The van der Waals surface area contributed by atoms with Crippen LogP contribution >= 0.6 is 11.6 Å². The highest BCUT2D eigenvalue weighted by Gasteiger charge is 2.46. The van der Waals surface area contributed by atoms with Crippen LogP contribution in [-0.4, -0.2) is 230 Å². The van der Waals surface area contributed by atoms with Gasteiger partial charge < -0.3 is 64.0 Å². The van der Waals surface area contributed by atoms with E-state index in [4.69, 9.17) is 11.6 Å². The lowest BCUT2D eigenvalue weighted by Gasteiger charge is -2.35. The third-order valence-electron chi connectivity index (χ3n) is 33.9. The monoisotopic (exact) mass is 2000 g/mol. The maximum absolute atomic E-state index is 15.0. The quantitative estimate of drug-likeness (QED) is 0.0265. The summed E-state index contributed by atoms with van der Waals surface area (Å²) in [6.07, 6.45) is 36.4. The number of carbonyl (C=O) groups excluding carboxylic acids is 12. The molecule has 8 fully saturated rings. The zero-order valence-electron chi connectivity index (χ0n) is 89.3. The van der Waals surface area contributed by atoms with Gasteiger partial charge in [-0.25, -0.2) is 4.39 Å². The number of nitrogens with one attached hydrogen (secondary N) is 4. The lowest BCUT2D eigenvalue weighted by atomic mass is 9.76.